The number of nitrogens with one attached hydrogen (secondary N) is 2. The second kappa shape index (κ2) is 8.68. The minimum atomic E-state index is -0.620. The van der Waals surface area contributed by atoms with Gasteiger partial charge in [-0.15, -0.1) is 0 Å². The molecule has 1 atom stereocenters. The molecule has 8 heteroatoms. The number of amides is 3. The molecule has 2 heterocycles. The quantitative estimate of drug-likeness (QED) is 0.670. The molecular weight excluding hydrogens is 360 g/mol. The fourth-order valence-electron chi connectivity index (χ4n) is 3.59. The standard InChI is InChI=1S/C20H28N4O4/c1-12(2)22-14-9-16(10-14)28-15-6-7-21-13(8-15)11-19(26)24(3)17-4-5-18(25)23-20(17)27/h6-8,12,14,16-17,22H,4-5,9-11H2,1-3H3,(H,23,25,27)/t14-,16-,17?. The third-order valence-corrected chi connectivity index (χ3v) is 5.16. The smallest absolute Gasteiger partial charge is 0.249 e. The Kier molecular flexibility index (Phi) is 6.28. The zero-order valence-electron chi connectivity index (χ0n) is 16.6. The number of carbonyl (C=O) groups excluding carboxylic acids is 3. The Morgan fingerprint density at radius 1 is 1.39 bits per heavy atom. The number of aromatic nitrogens is 1. The maximum absolute atomic E-state index is 12.6. The zero-order valence-corrected chi connectivity index (χ0v) is 16.6. The van der Waals surface area contributed by atoms with Crippen molar-refractivity contribution in [1.82, 2.24) is 20.5 Å². The van der Waals surface area contributed by atoms with Crippen LogP contribution < -0.4 is 15.4 Å². The average Bonchev–Trinajstić information content (AvgIpc) is 2.59. The summed E-state index contributed by atoms with van der Waals surface area (Å²) in [6.45, 7) is 4.26. The van der Waals surface area contributed by atoms with Crippen molar-refractivity contribution in [1.29, 1.82) is 0 Å². The van der Waals surface area contributed by atoms with E-state index in [1.54, 1.807) is 25.4 Å². The molecule has 0 bridgehead atoms. The van der Waals surface area contributed by atoms with E-state index < -0.39 is 11.9 Å². The van der Waals surface area contributed by atoms with Gasteiger partial charge in [-0.25, -0.2) is 0 Å². The lowest BCUT2D eigenvalue weighted by Gasteiger charge is -2.37. The fraction of sp³-hybridized carbons (Fsp3) is 0.600. The van der Waals surface area contributed by atoms with Crippen LogP contribution >= 0.6 is 0 Å². The van der Waals surface area contributed by atoms with Crippen molar-refractivity contribution in [2.45, 2.75) is 70.2 Å². The highest BCUT2D eigenvalue weighted by Crippen LogP contribution is 2.26. The van der Waals surface area contributed by atoms with Gasteiger partial charge >= 0.3 is 0 Å². The Morgan fingerprint density at radius 2 is 2.14 bits per heavy atom. The van der Waals surface area contributed by atoms with Gasteiger partial charge in [-0.2, -0.15) is 0 Å². The Balaban J connectivity index is 1.52. The van der Waals surface area contributed by atoms with Gasteiger partial charge in [-0.1, -0.05) is 13.8 Å². The number of ether oxygens (including phenoxy) is 1. The summed E-state index contributed by atoms with van der Waals surface area (Å²) in [5, 5.41) is 5.76. The van der Waals surface area contributed by atoms with Crippen LogP contribution in [0.1, 0.15) is 45.2 Å². The number of carbonyl (C=O) groups is 3. The van der Waals surface area contributed by atoms with Crippen molar-refractivity contribution in [2.24, 2.45) is 0 Å². The highest BCUT2D eigenvalue weighted by molar-refractivity contribution is 6.01. The first-order chi connectivity index (χ1) is 13.3. The lowest BCUT2D eigenvalue weighted by molar-refractivity contribution is -0.144. The highest BCUT2D eigenvalue weighted by atomic mass is 16.5. The maximum atomic E-state index is 12.6. The molecule has 152 valence electrons. The fourth-order valence-corrected chi connectivity index (χ4v) is 3.59. The molecule has 2 N–H and O–H groups in total. The van der Waals surface area contributed by atoms with E-state index in [0.717, 1.165) is 12.8 Å². The van der Waals surface area contributed by atoms with Crippen LogP contribution in [0.3, 0.4) is 0 Å². The van der Waals surface area contributed by atoms with E-state index >= 15 is 0 Å². The van der Waals surface area contributed by atoms with Crippen molar-refractivity contribution in [3.05, 3.63) is 24.0 Å². The second-order valence-corrected chi connectivity index (χ2v) is 7.86. The average molecular weight is 388 g/mol. The molecule has 0 radical (unpaired) electrons. The molecule has 0 spiro atoms. The van der Waals surface area contributed by atoms with Crippen LogP contribution in [0, 0.1) is 0 Å². The lowest BCUT2D eigenvalue weighted by Crippen LogP contribution is -2.53. The summed E-state index contributed by atoms with van der Waals surface area (Å²) in [5.41, 5.74) is 0.595. The van der Waals surface area contributed by atoms with Gasteiger partial charge in [-0.05, 0) is 25.3 Å². The van der Waals surface area contributed by atoms with Gasteiger partial charge in [0.2, 0.25) is 17.7 Å². The molecular formula is C20H28N4O4. The molecule has 1 aliphatic heterocycles. The van der Waals surface area contributed by atoms with Gasteiger partial charge in [-0.3, -0.25) is 24.7 Å². The van der Waals surface area contributed by atoms with E-state index in [9.17, 15) is 14.4 Å². The van der Waals surface area contributed by atoms with Crippen LogP contribution in [-0.2, 0) is 20.8 Å². The molecule has 1 unspecified atom stereocenters. The number of piperidine rings is 1. The van der Waals surface area contributed by atoms with E-state index in [1.807, 2.05) is 0 Å². The molecule has 0 aromatic carbocycles. The number of pyridine rings is 1. The third-order valence-electron chi connectivity index (χ3n) is 5.16. The third kappa shape index (κ3) is 5.07. The molecule has 28 heavy (non-hydrogen) atoms. The van der Waals surface area contributed by atoms with Gasteiger partial charge in [0.15, 0.2) is 0 Å². The van der Waals surface area contributed by atoms with Crippen molar-refractivity contribution in [2.75, 3.05) is 7.05 Å². The van der Waals surface area contributed by atoms with Gasteiger partial charge in [0, 0.05) is 37.8 Å². The zero-order chi connectivity index (χ0) is 20.3. The molecule has 3 rings (SSSR count). The summed E-state index contributed by atoms with van der Waals surface area (Å²) >= 11 is 0. The van der Waals surface area contributed by atoms with Crippen LogP contribution in [0.15, 0.2) is 18.3 Å². The van der Waals surface area contributed by atoms with Gasteiger partial charge in [0.1, 0.15) is 17.9 Å². The van der Waals surface area contributed by atoms with Crippen molar-refractivity contribution >= 4 is 17.7 Å². The lowest BCUT2D eigenvalue weighted by atomic mass is 9.88. The van der Waals surface area contributed by atoms with Crippen molar-refractivity contribution in [3.63, 3.8) is 0 Å². The Bertz CT molecular complexity index is 745. The predicted molar refractivity (Wildman–Crippen MR) is 103 cm³/mol. The second-order valence-electron chi connectivity index (χ2n) is 7.86. The number of hydrogen-bond donors (Lipinski definition) is 2. The van der Waals surface area contributed by atoms with Crippen molar-refractivity contribution in [3.8, 4) is 5.75 Å². The largest absolute Gasteiger partial charge is 0.490 e. The minimum Gasteiger partial charge on any atom is -0.490 e. The first-order valence-corrected chi connectivity index (χ1v) is 9.79. The molecule has 1 saturated heterocycles. The first kappa shape index (κ1) is 20.3. The summed E-state index contributed by atoms with van der Waals surface area (Å²) in [4.78, 5) is 41.4. The van der Waals surface area contributed by atoms with Gasteiger partial charge in [0.25, 0.3) is 0 Å². The van der Waals surface area contributed by atoms with Crippen LogP contribution in [-0.4, -0.2) is 58.9 Å². The molecule has 1 aliphatic carbocycles. The molecule has 2 fully saturated rings. The molecule has 2 aliphatic rings. The first-order valence-electron chi connectivity index (χ1n) is 9.79. The minimum absolute atomic E-state index is 0.0770. The molecule has 1 aromatic heterocycles. The molecule has 3 amide bonds. The molecule has 8 nitrogen and oxygen atoms in total. The number of rotatable bonds is 7. The Morgan fingerprint density at radius 3 is 2.82 bits per heavy atom. The molecule has 1 saturated carbocycles. The van der Waals surface area contributed by atoms with E-state index in [0.29, 0.717) is 29.9 Å². The Labute approximate surface area is 165 Å². The molecule has 1 aromatic rings. The van der Waals surface area contributed by atoms with E-state index in [4.69, 9.17) is 4.74 Å². The SMILES string of the molecule is CC(C)N[C@H]1C[C@H](Oc2ccnc(CC(=O)N(C)C3CCC(=O)NC3=O)c2)C1. The van der Waals surface area contributed by atoms with Crippen LogP contribution in [0.2, 0.25) is 0 Å². The normalized spacial score (nSPS) is 24.5. The number of likely N-dealkylation sites (N-methyl/N-ethyl adjacent to an activating group) is 1. The van der Waals surface area contributed by atoms with Crippen molar-refractivity contribution < 1.29 is 19.1 Å². The summed E-state index contributed by atoms with van der Waals surface area (Å²) < 4.78 is 5.98. The van der Waals surface area contributed by atoms with E-state index in [2.05, 4.69) is 29.5 Å². The van der Waals surface area contributed by atoms with Crippen LogP contribution in [0.5, 0.6) is 5.75 Å². The maximum Gasteiger partial charge on any atom is 0.249 e. The summed E-state index contributed by atoms with van der Waals surface area (Å²) in [6, 6.07) is 3.91. The highest BCUT2D eigenvalue weighted by Gasteiger charge is 2.33. The number of imide groups is 1. The van der Waals surface area contributed by atoms with Gasteiger partial charge < -0.3 is 15.0 Å². The van der Waals surface area contributed by atoms with Gasteiger partial charge in [0.05, 0.1) is 12.1 Å². The topological polar surface area (TPSA) is 101 Å². The monoisotopic (exact) mass is 388 g/mol. The van der Waals surface area contributed by atoms with Crippen LogP contribution in [0.4, 0.5) is 0 Å². The number of nitrogens with zero attached hydrogens (tertiary/aromatic N) is 2. The van der Waals surface area contributed by atoms with E-state index in [-0.39, 0.29) is 30.8 Å². The number of hydrogen-bond acceptors (Lipinski definition) is 6. The Hall–Kier alpha value is -2.48. The summed E-state index contributed by atoms with van der Waals surface area (Å²) in [5.74, 6) is -0.236. The summed E-state index contributed by atoms with van der Waals surface area (Å²) in [7, 11) is 1.58. The van der Waals surface area contributed by atoms with Crippen LogP contribution in [0.25, 0.3) is 0 Å². The summed E-state index contributed by atoms with van der Waals surface area (Å²) in [6.07, 6.45) is 4.40. The predicted octanol–water partition coefficient (Wildman–Crippen LogP) is 0.796. The van der Waals surface area contributed by atoms with E-state index in [1.165, 1.54) is 4.90 Å².